The molecule has 4 N–H and O–H groups in total. The molecule has 35 heavy (non-hydrogen) atoms. The van der Waals surface area contributed by atoms with Gasteiger partial charge in [-0.1, -0.05) is 42.5 Å². The minimum atomic E-state index is -1.25. The summed E-state index contributed by atoms with van der Waals surface area (Å²) in [6.07, 6.45) is 2.89. The Kier molecular flexibility index (Phi) is 10.2. The maximum atomic E-state index is 14.1. The molecule has 1 fully saturated rings. The molecule has 1 aliphatic heterocycles. The number of hydrogen-bond acceptors (Lipinski definition) is 5. The number of amides is 1. The van der Waals surface area contributed by atoms with E-state index in [1.54, 1.807) is 24.1 Å². The fraction of sp³-hybridized carbons (Fsp3) is 0.536. The number of likely N-dealkylation sites (tertiary alicyclic amines) is 1. The Hall–Kier alpha value is -2.32. The lowest BCUT2D eigenvalue weighted by molar-refractivity contribution is -0.139. The number of nitrogens with two attached hydrogens (primary N) is 1. The monoisotopic (exact) mass is 486 g/mol. The van der Waals surface area contributed by atoms with Gasteiger partial charge in [0.15, 0.2) is 0 Å². The standard InChI is InChI=1S/C28H39FN2O4/c1-35-16-6-5-14-28(34,22-11-7-13-24(29)18-22)23-12-8-15-31(20-23)27(33)19-26(32)25(30)17-21-9-3-2-4-10-21/h2-4,7,9-11,13,18,23,25-26,32,34H,5-6,8,12,14-17,19-20,30H2,1H3. The molecule has 0 aromatic heterocycles. The third-order valence-corrected chi connectivity index (χ3v) is 7.12. The van der Waals surface area contributed by atoms with Crippen LogP contribution in [0.5, 0.6) is 0 Å². The SMILES string of the molecule is COCCCCC(O)(c1cccc(F)c1)C1CCCN(C(=O)CC(O)C(N)Cc2ccccc2)C1. The van der Waals surface area contributed by atoms with E-state index in [4.69, 9.17) is 10.5 Å². The van der Waals surface area contributed by atoms with Gasteiger partial charge in [0.05, 0.1) is 18.1 Å². The van der Waals surface area contributed by atoms with Crippen molar-refractivity contribution in [3.05, 3.63) is 71.5 Å². The average molecular weight is 487 g/mol. The van der Waals surface area contributed by atoms with Crippen LogP contribution in [0.3, 0.4) is 0 Å². The Morgan fingerprint density at radius 3 is 2.71 bits per heavy atom. The zero-order chi connectivity index (χ0) is 25.3. The summed E-state index contributed by atoms with van der Waals surface area (Å²) < 4.78 is 19.2. The molecule has 1 heterocycles. The third-order valence-electron chi connectivity index (χ3n) is 7.12. The van der Waals surface area contributed by atoms with Crippen LogP contribution in [0.1, 0.15) is 49.7 Å². The topological polar surface area (TPSA) is 96.0 Å². The van der Waals surface area contributed by atoms with Gasteiger partial charge in [-0.25, -0.2) is 4.39 Å². The molecule has 4 unspecified atom stereocenters. The van der Waals surface area contributed by atoms with Crippen LogP contribution < -0.4 is 5.73 Å². The largest absolute Gasteiger partial charge is 0.391 e. The van der Waals surface area contributed by atoms with E-state index in [0.29, 0.717) is 38.1 Å². The Morgan fingerprint density at radius 1 is 1.23 bits per heavy atom. The molecule has 0 bridgehead atoms. The van der Waals surface area contributed by atoms with Gasteiger partial charge in [0.25, 0.3) is 0 Å². The van der Waals surface area contributed by atoms with Crippen molar-refractivity contribution in [2.75, 3.05) is 26.8 Å². The maximum absolute atomic E-state index is 14.1. The molecular weight excluding hydrogens is 447 g/mol. The van der Waals surface area contributed by atoms with E-state index in [2.05, 4.69) is 0 Å². The molecule has 4 atom stereocenters. The Labute approximate surface area is 207 Å². The third kappa shape index (κ3) is 7.58. The molecule has 6 nitrogen and oxygen atoms in total. The number of halogens is 1. The van der Waals surface area contributed by atoms with Crippen molar-refractivity contribution in [3.63, 3.8) is 0 Å². The summed E-state index contributed by atoms with van der Waals surface area (Å²) in [6, 6.07) is 15.2. The summed E-state index contributed by atoms with van der Waals surface area (Å²) in [7, 11) is 1.64. The molecule has 0 spiro atoms. The number of ether oxygens (including phenoxy) is 1. The van der Waals surface area contributed by atoms with Gasteiger partial charge in [0, 0.05) is 38.8 Å². The van der Waals surface area contributed by atoms with Gasteiger partial charge in [-0.2, -0.15) is 0 Å². The van der Waals surface area contributed by atoms with E-state index in [1.165, 1.54) is 12.1 Å². The molecule has 1 aliphatic rings. The molecule has 2 aromatic rings. The van der Waals surface area contributed by atoms with Crippen molar-refractivity contribution >= 4 is 5.91 Å². The molecule has 0 saturated carbocycles. The number of nitrogens with zero attached hydrogens (tertiary/aromatic N) is 1. The first-order valence-corrected chi connectivity index (χ1v) is 12.6. The molecule has 1 saturated heterocycles. The van der Waals surface area contributed by atoms with Crippen LogP contribution in [-0.4, -0.2) is 60.0 Å². The number of aliphatic hydroxyl groups excluding tert-OH is 1. The fourth-order valence-electron chi connectivity index (χ4n) is 5.06. The highest BCUT2D eigenvalue weighted by atomic mass is 19.1. The summed E-state index contributed by atoms with van der Waals surface area (Å²) in [5.74, 6) is -0.802. The fourth-order valence-corrected chi connectivity index (χ4v) is 5.06. The van der Waals surface area contributed by atoms with Crippen molar-refractivity contribution in [2.45, 2.75) is 62.7 Å². The molecule has 192 valence electrons. The van der Waals surface area contributed by atoms with E-state index in [-0.39, 0.29) is 18.2 Å². The van der Waals surface area contributed by atoms with Crippen LogP contribution in [0.4, 0.5) is 4.39 Å². The Balaban J connectivity index is 1.66. The van der Waals surface area contributed by atoms with Crippen molar-refractivity contribution in [1.82, 2.24) is 4.90 Å². The number of rotatable bonds is 12. The quantitative estimate of drug-likeness (QED) is 0.400. The highest BCUT2D eigenvalue weighted by Gasteiger charge is 2.41. The van der Waals surface area contributed by atoms with Crippen LogP contribution in [0.15, 0.2) is 54.6 Å². The minimum Gasteiger partial charge on any atom is -0.391 e. The van der Waals surface area contributed by atoms with Crippen LogP contribution in [-0.2, 0) is 21.6 Å². The number of piperidine rings is 1. The molecular formula is C28H39FN2O4. The van der Waals surface area contributed by atoms with Gasteiger partial charge >= 0.3 is 0 Å². The number of methoxy groups -OCH3 is 1. The molecule has 0 radical (unpaired) electrons. The van der Waals surface area contributed by atoms with Gasteiger partial charge in [-0.05, 0) is 61.8 Å². The number of carbonyl (C=O) groups is 1. The normalized spacial score (nSPS) is 19.7. The number of carbonyl (C=O) groups excluding carboxylic acids is 1. The molecule has 3 rings (SSSR count). The van der Waals surface area contributed by atoms with E-state index in [9.17, 15) is 19.4 Å². The maximum Gasteiger partial charge on any atom is 0.225 e. The lowest BCUT2D eigenvalue weighted by atomic mass is 9.74. The summed E-state index contributed by atoms with van der Waals surface area (Å²) in [5.41, 5.74) is 6.49. The Morgan fingerprint density at radius 2 is 2.00 bits per heavy atom. The van der Waals surface area contributed by atoms with Gasteiger partial charge in [0.1, 0.15) is 5.82 Å². The first kappa shape index (κ1) is 27.3. The molecule has 1 amide bonds. The summed E-state index contributed by atoms with van der Waals surface area (Å²) in [4.78, 5) is 14.8. The zero-order valence-corrected chi connectivity index (χ0v) is 20.6. The second-order valence-corrected chi connectivity index (χ2v) is 9.69. The second-order valence-electron chi connectivity index (χ2n) is 9.69. The van der Waals surface area contributed by atoms with E-state index < -0.39 is 23.6 Å². The average Bonchev–Trinajstić information content (AvgIpc) is 2.87. The number of aliphatic hydroxyl groups is 2. The van der Waals surface area contributed by atoms with Crippen LogP contribution >= 0.6 is 0 Å². The van der Waals surface area contributed by atoms with Gasteiger partial charge in [-0.15, -0.1) is 0 Å². The van der Waals surface area contributed by atoms with Gasteiger partial charge in [-0.3, -0.25) is 4.79 Å². The van der Waals surface area contributed by atoms with Crippen molar-refractivity contribution in [1.29, 1.82) is 0 Å². The zero-order valence-electron chi connectivity index (χ0n) is 20.6. The molecule has 2 aromatic carbocycles. The summed E-state index contributed by atoms with van der Waals surface area (Å²) in [5, 5.41) is 22.5. The first-order chi connectivity index (χ1) is 16.8. The minimum absolute atomic E-state index is 0.0625. The lowest BCUT2D eigenvalue weighted by Gasteiger charge is -2.43. The van der Waals surface area contributed by atoms with Gasteiger partial charge < -0.3 is 25.6 Å². The van der Waals surface area contributed by atoms with E-state index in [0.717, 1.165) is 31.2 Å². The predicted octanol–water partition coefficient (Wildman–Crippen LogP) is 3.39. The molecule has 7 heteroatoms. The number of hydrogen-bond donors (Lipinski definition) is 3. The summed E-state index contributed by atoms with van der Waals surface area (Å²) >= 11 is 0. The highest BCUT2D eigenvalue weighted by molar-refractivity contribution is 5.77. The Bertz CT molecular complexity index is 928. The summed E-state index contributed by atoms with van der Waals surface area (Å²) in [6.45, 7) is 1.52. The molecule has 0 aliphatic carbocycles. The van der Waals surface area contributed by atoms with Crippen molar-refractivity contribution < 1.29 is 24.1 Å². The van der Waals surface area contributed by atoms with Crippen LogP contribution in [0.2, 0.25) is 0 Å². The predicted molar refractivity (Wildman–Crippen MR) is 134 cm³/mol. The highest BCUT2D eigenvalue weighted by Crippen LogP contribution is 2.40. The smallest absolute Gasteiger partial charge is 0.225 e. The first-order valence-electron chi connectivity index (χ1n) is 12.6. The second kappa shape index (κ2) is 13.1. The van der Waals surface area contributed by atoms with E-state index >= 15 is 0 Å². The number of benzene rings is 2. The van der Waals surface area contributed by atoms with Crippen molar-refractivity contribution in [3.8, 4) is 0 Å². The lowest BCUT2D eigenvalue weighted by Crippen LogP contribution is -2.49. The number of unbranched alkanes of at least 4 members (excludes halogenated alkanes) is 1. The van der Waals surface area contributed by atoms with Crippen LogP contribution in [0.25, 0.3) is 0 Å². The van der Waals surface area contributed by atoms with Gasteiger partial charge in [0.2, 0.25) is 5.91 Å². The van der Waals surface area contributed by atoms with Crippen LogP contribution in [0, 0.1) is 11.7 Å². The van der Waals surface area contributed by atoms with E-state index in [1.807, 2.05) is 30.3 Å². The van der Waals surface area contributed by atoms with Crippen molar-refractivity contribution in [2.24, 2.45) is 11.7 Å².